The molecule has 25 heavy (non-hydrogen) atoms. The molecule has 0 atom stereocenters. The third kappa shape index (κ3) is 1.71. The van der Waals surface area contributed by atoms with Gasteiger partial charge in [-0.3, -0.25) is 0 Å². The summed E-state index contributed by atoms with van der Waals surface area (Å²) in [5, 5.41) is 8.11. The van der Waals surface area contributed by atoms with Crippen LogP contribution in [0.1, 0.15) is 11.1 Å². The standard InChI is InChI=1S/C25H16/c1-3-7-21-16(5-1)9-11-18-12-14-20-15-19-13-10-17-6-2-4-8-22(17)24(19)25(20)23(18)21/h1-14H,15H2. The molecular weight excluding hydrogens is 300 g/mol. The Labute approximate surface area is 146 Å². The van der Waals surface area contributed by atoms with Gasteiger partial charge in [0.05, 0.1) is 0 Å². The van der Waals surface area contributed by atoms with Crippen LogP contribution in [-0.2, 0) is 6.42 Å². The Morgan fingerprint density at radius 1 is 0.440 bits per heavy atom. The van der Waals surface area contributed by atoms with Crippen LogP contribution < -0.4 is 0 Å². The Bertz CT molecular complexity index is 1310. The fourth-order valence-electron chi connectivity index (χ4n) is 4.54. The smallest absolute Gasteiger partial charge is 0.00130 e. The monoisotopic (exact) mass is 316 g/mol. The minimum atomic E-state index is 1.04. The molecule has 0 bridgehead atoms. The second-order valence-corrected chi connectivity index (χ2v) is 6.98. The second kappa shape index (κ2) is 4.70. The van der Waals surface area contributed by atoms with Crippen LogP contribution in [0.5, 0.6) is 0 Å². The molecule has 0 unspecified atom stereocenters. The van der Waals surface area contributed by atoms with Crippen molar-refractivity contribution in [1.29, 1.82) is 0 Å². The van der Waals surface area contributed by atoms with E-state index in [2.05, 4.69) is 84.9 Å². The second-order valence-electron chi connectivity index (χ2n) is 6.98. The lowest BCUT2D eigenvalue weighted by Gasteiger charge is -2.12. The highest BCUT2D eigenvalue weighted by Gasteiger charge is 2.23. The first-order chi connectivity index (χ1) is 12.4. The third-order valence-electron chi connectivity index (χ3n) is 5.64. The molecule has 0 N–H and O–H groups in total. The van der Waals surface area contributed by atoms with E-state index >= 15 is 0 Å². The first-order valence-electron chi connectivity index (χ1n) is 8.84. The molecule has 1 aliphatic rings. The lowest BCUT2D eigenvalue weighted by atomic mass is 9.91. The fraction of sp³-hybridized carbons (Fsp3) is 0.0400. The molecular formula is C25H16. The summed E-state index contributed by atoms with van der Waals surface area (Å²) in [6.07, 6.45) is 1.04. The van der Waals surface area contributed by atoms with Crippen LogP contribution in [0.3, 0.4) is 0 Å². The van der Waals surface area contributed by atoms with E-state index in [4.69, 9.17) is 0 Å². The van der Waals surface area contributed by atoms with Crippen LogP contribution in [-0.4, -0.2) is 0 Å². The van der Waals surface area contributed by atoms with Crippen LogP contribution >= 0.6 is 0 Å². The number of benzene rings is 5. The van der Waals surface area contributed by atoms with Gasteiger partial charge in [0, 0.05) is 0 Å². The topological polar surface area (TPSA) is 0 Å². The number of hydrogen-bond acceptors (Lipinski definition) is 0. The average molecular weight is 316 g/mol. The minimum Gasteiger partial charge on any atom is -0.0616 e. The SMILES string of the molecule is c1ccc2c3c(ccc2c1)Cc1ccc2ccc4ccccc4c2c1-3. The molecule has 0 spiro atoms. The van der Waals surface area contributed by atoms with Crippen LogP contribution in [0.25, 0.3) is 43.4 Å². The van der Waals surface area contributed by atoms with Gasteiger partial charge in [-0.1, -0.05) is 84.9 Å². The van der Waals surface area contributed by atoms with Gasteiger partial charge in [-0.05, 0) is 61.0 Å². The van der Waals surface area contributed by atoms with E-state index < -0.39 is 0 Å². The zero-order valence-electron chi connectivity index (χ0n) is 13.8. The molecule has 0 heteroatoms. The van der Waals surface area contributed by atoms with Crippen LogP contribution in [0, 0.1) is 0 Å². The van der Waals surface area contributed by atoms with Crippen LogP contribution in [0.4, 0.5) is 0 Å². The van der Waals surface area contributed by atoms with Gasteiger partial charge in [0.2, 0.25) is 0 Å². The van der Waals surface area contributed by atoms with Crippen molar-refractivity contribution in [2.24, 2.45) is 0 Å². The maximum Gasteiger partial charge on any atom is -0.00130 e. The Kier molecular flexibility index (Phi) is 2.48. The Balaban J connectivity index is 1.88. The maximum atomic E-state index is 2.32. The Hall–Kier alpha value is -3.12. The van der Waals surface area contributed by atoms with Gasteiger partial charge in [-0.25, -0.2) is 0 Å². The van der Waals surface area contributed by atoms with Crippen molar-refractivity contribution >= 4 is 32.3 Å². The van der Waals surface area contributed by atoms with Gasteiger partial charge < -0.3 is 0 Å². The summed E-state index contributed by atoms with van der Waals surface area (Å²) < 4.78 is 0. The van der Waals surface area contributed by atoms with Gasteiger partial charge in [0.15, 0.2) is 0 Å². The van der Waals surface area contributed by atoms with Gasteiger partial charge in [-0.15, -0.1) is 0 Å². The molecule has 1 aliphatic carbocycles. The average Bonchev–Trinajstić information content (AvgIpc) is 3.07. The summed E-state index contributed by atoms with van der Waals surface area (Å²) in [7, 11) is 0. The van der Waals surface area contributed by atoms with E-state index in [9.17, 15) is 0 Å². The Morgan fingerprint density at radius 3 is 1.84 bits per heavy atom. The van der Waals surface area contributed by atoms with E-state index in [0.29, 0.717) is 0 Å². The summed E-state index contributed by atoms with van der Waals surface area (Å²) in [5.74, 6) is 0. The van der Waals surface area contributed by atoms with Crippen molar-refractivity contribution in [3.63, 3.8) is 0 Å². The first-order valence-corrected chi connectivity index (χ1v) is 8.84. The van der Waals surface area contributed by atoms with E-state index in [1.165, 1.54) is 54.6 Å². The van der Waals surface area contributed by atoms with Crippen molar-refractivity contribution < 1.29 is 0 Å². The summed E-state index contributed by atoms with van der Waals surface area (Å²) >= 11 is 0. The predicted octanol–water partition coefficient (Wildman–Crippen LogP) is 6.72. The normalized spacial score (nSPS) is 12.6. The molecule has 116 valence electrons. The molecule has 0 aliphatic heterocycles. The molecule has 0 radical (unpaired) electrons. The zero-order valence-corrected chi connectivity index (χ0v) is 13.8. The first kappa shape index (κ1) is 13.2. The van der Waals surface area contributed by atoms with Gasteiger partial charge in [-0.2, -0.15) is 0 Å². The van der Waals surface area contributed by atoms with Crippen molar-refractivity contribution in [2.45, 2.75) is 6.42 Å². The van der Waals surface area contributed by atoms with E-state index in [1.807, 2.05) is 0 Å². The molecule has 0 nitrogen and oxygen atoms in total. The van der Waals surface area contributed by atoms with Gasteiger partial charge in [0.1, 0.15) is 0 Å². The van der Waals surface area contributed by atoms with Crippen molar-refractivity contribution in [3.05, 3.63) is 96.1 Å². The summed E-state index contributed by atoms with van der Waals surface area (Å²) in [5.41, 5.74) is 5.79. The molecule has 0 aromatic heterocycles. The fourth-order valence-corrected chi connectivity index (χ4v) is 4.54. The number of fused-ring (bicyclic) bond motifs is 9. The molecule has 5 aromatic rings. The summed E-state index contributed by atoms with van der Waals surface area (Å²) in [4.78, 5) is 0. The Morgan fingerprint density at radius 2 is 1.00 bits per heavy atom. The predicted molar refractivity (Wildman–Crippen MR) is 107 cm³/mol. The zero-order chi connectivity index (χ0) is 16.4. The molecule has 0 heterocycles. The minimum absolute atomic E-state index is 1.04. The lowest BCUT2D eigenvalue weighted by Crippen LogP contribution is -1.86. The molecule has 0 fully saturated rings. The van der Waals surface area contributed by atoms with Gasteiger partial charge >= 0.3 is 0 Å². The van der Waals surface area contributed by atoms with Crippen LogP contribution in [0.2, 0.25) is 0 Å². The van der Waals surface area contributed by atoms with Crippen molar-refractivity contribution in [1.82, 2.24) is 0 Å². The highest BCUT2D eigenvalue weighted by atomic mass is 14.3. The largest absolute Gasteiger partial charge is 0.0616 e. The quantitative estimate of drug-likeness (QED) is 0.273. The molecule has 0 amide bonds. The maximum absolute atomic E-state index is 2.32. The molecule has 0 saturated heterocycles. The van der Waals surface area contributed by atoms with Crippen molar-refractivity contribution in [2.75, 3.05) is 0 Å². The summed E-state index contributed by atoms with van der Waals surface area (Å²) in [6, 6.07) is 31.2. The van der Waals surface area contributed by atoms with Crippen molar-refractivity contribution in [3.8, 4) is 11.1 Å². The molecule has 6 rings (SSSR count). The number of hydrogen-bond donors (Lipinski definition) is 0. The van der Waals surface area contributed by atoms with E-state index in [-0.39, 0.29) is 0 Å². The lowest BCUT2D eigenvalue weighted by molar-refractivity contribution is 1.27. The summed E-state index contributed by atoms with van der Waals surface area (Å²) in [6.45, 7) is 0. The molecule has 5 aromatic carbocycles. The van der Waals surface area contributed by atoms with Crippen LogP contribution in [0.15, 0.2) is 84.9 Å². The third-order valence-corrected chi connectivity index (χ3v) is 5.64. The highest BCUT2D eigenvalue weighted by Crippen LogP contribution is 2.46. The van der Waals surface area contributed by atoms with E-state index in [0.717, 1.165) is 6.42 Å². The molecule has 0 saturated carbocycles. The number of rotatable bonds is 0. The van der Waals surface area contributed by atoms with E-state index in [1.54, 1.807) is 0 Å². The van der Waals surface area contributed by atoms with Gasteiger partial charge in [0.25, 0.3) is 0 Å². The highest BCUT2D eigenvalue weighted by molar-refractivity contribution is 6.19.